The predicted molar refractivity (Wildman–Crippen MR) is 70.5 cm³/mol. The highest BCUT2D eigenvalue weighted by molar-refractivity contribution is 6.09. The standard InChI is InChI=1S/C16H15FO/c1-10-6-14(9-15(17)7-10)16(18)13-5-4-11(2)12(3)8-13/h4-9H,1-3H3. The molecule has 0 atom stereocenters. The molecule has 0 unspecified atom stereocenters. The normalized spacial score (nSPS) is 10.4. The second-order valence-corrected chi connectivity index (χ2v) is 4.65. The summed E-state index contributed by atoms with van der Waals surface area (Å²) < 4.78 is 13.3. The van der Waals surface area contributed by atoms with E-state index in [2.05, 4.69) is 0 Å². The second-order valence-electron chi connectivity index (χ2n) is 4.65. The number of aryl methyl sites for hydroxylation is 3. The molecule has 0 heterocycles. The van der Waals surface area contributed by atoms with Crippen molar-refractivity contribution in [2.45, 2.75) is 20.8 Å². The van der Waals surface area contributed by atoms with Crippen molar-refractivity contribution in [3.63, 3.8) is 0 Å². The third-order valence-corrected chi connectivity index (χ3v) is 3.07. The lowest BCUT2D eigenvalue weighted by molar-refractivity contribution is 0.103. The largest absolute Gasteiger partial charge is 0.289 e. The smallest absolute Gasteiger partial charge is 0.193 e. The van der Waals surface area contributed by atoms with Crippen molar-refractivity contribution in [1.29, 1.82) is 0 Å². The molecule has 0 saturated heterocycles. The van der Waals surface area contributed by atoms with Crippen molar-refractivity contribution < 1.29 is 9.18 Å². The van der Waals surface area contributed by atoms with Gasteiger partial charge in [-0.25, -0.2) is 4.39 Å². The Bertz CT molecular complexity index is 594. The second kappa shape index (κ2) is 4.73. The van der Waals surface area contributed by atoms with Gasteiger partial charge in [-0.2, -0.15) is 0 Å². The van der Waals surface area contributed by atoms with Gasteiger partial charge in [0.2, 0.25) is 0 Å². The van der Waals surface area contributed by atoms with Crippen LogP contribution in [0, 0.1) is 26.6 Å². The Hall–Kier alpha value is -1.96. The highest BCUT2D eigenvalue weighted by Gasteiger charge is 2.11. The van der Waals surface area contributed by atoms with E-state index in [-0.39, 0.29) is 11.6 Å². The van der Waals surface area contributed by atoms with Crippen LogP contribution in [0.1, 0.15) is 32.6 Å². The van der Waals surface area contributed by atoms with E-state index in [0.29, 0.717) is 11.1 Å². The van der Waals surface area contributed by atoms with Crippen LogP contribution < -0.4 is 0 Å². The van der Waals surface area contributed by atoms with Crippen LogP contribution in [0.4, 0.5) is 4.39 Å². The van der Waals surface area contributed by atoms with Crippen molar-refractivity contribution in [3.05, 3.63) is 70.0 Å². The number of rotatable bonds is 2. The lowest BCUT2D eigenvalue weighted by Crippen LogP contribution is -2.03. The van der Waals surface area contributed by atoms with Gasteiger partial charge in [0.1, 0.15) is 5.82 Å². The number of hydrogen-bond acceptors (Lipinski definition) is 1. The van der Waals surface area contributed by atoms with Crippen molar-refractivity contribution in [2.24, 2.45) is 0 Å². The van der Waals surface area contributed by atoms with Crippen molar-refractivity contribution in [2.75, 3.05) is 0 Å². The number of benzene rings is 2. The van der Waals surface area contributed by atoms with Gasteiger partial charge in [0.15, 0.2) is 5.78 Å². The van der Waals surface area contributed by atoms with E-state index in [1.54, 1.807) is 19.1 Å². The van der Waals surface area contributed by atoms with Gasteiger partial charge in [-0.15, -0.1) is 0 Å². The third-order valence-electron chi connectivity index (χ3n) is 3.07. The average Bonchev–Trinajstić information content (AvgIpc) is 2.30. The first-order chi connectivity index (χ1) is 8.47. The molecule has 92 valence electrons. The number of halogens is 1. The Morgan fingerprint density at radius 2 is 1.61 bits per heavy atom. The molecule has 0 radical (unpaired) electrons. The van der Waals surface area contributed by atoms with Gasteiger partial charge in [-0.1, -0.05) is 12.1 Å². The molecule has 0 amide bonds. The van der Waals surface area contributed by atoms with E-state index in [9.17, 15) is 9.18 Å². The van der Waals surface area contributed by atoms with Crippen LogP contribution in [0.5, 0.6) is 0 Å². The Morgan fingerprint density at radius 3 is 2.22 bits per heavy atom. The van der Waals surface area contributed by atoms with Gasteiger partial charge in [-0.05, 0) is 61.7 Å². The van der Waals surface area contributed by atoms with E-state index >= 15 is 0 Å². The van der Waals surface area contributed by atoms with Crippen LogP contribution in [0.3, 0.4) is 0 Å². The van der Waals surface area contributed by atoms with Gasteiger partial charge < -0.3 is 0 Å². The Labute approximate surface area is 106 Å². The third kappa shape index (κ3) is 2.48. The first kappa shape index (κ1) is 12.5. The number of hydrogen-bond donors (Lipinski definition) is 0. The highest BCUT2D eigenvalue weighted by atomic mass is 19.1. The van der Waals surface area contributed by atoms with Crippen LogP contribution in [0.15, 0.2) is 36.4 Å². The molecule has 0 aliphatic carbocycles. The molecule has 0 aliphatic heterocycles. The van der Waals surface area contributed by atoms with Crippen LogP contribution in [0.2, 0.25) is 0 Å². The number of carbonyl (C=O) groups excluding carboxylic acids is 1. The van der Waals surface area contributed by atoms with Gasteiger partial charge >= 0.3 is 0 Å². The van der Waals surface area contributed by atoms with E-state index in [1.807, 2.05) is 26.0 Å². The molecule has 2 heteroatoms. The van der Waals surface area contributed by atoms with Gasteiger partial charge in [-0.3, -0.25) is 4.79 Å². The maximum absolute atomic E-state index is 13.3. The van der Waals surface area contributed by atoms with E-state index < -0.39 is 0 Å². The molecule has 1 nitrogen and oxygen atoms in total. The first-order valence-electron chi connectivity index (χ1n) is 5.86. The van der Waals surface area contributed by atoms with Crippen LogP contribution in [-0.2, 0) is 0 Å². The molecule has 0 aromatic heterocycles. The number of ketones is 1. The topological polar surface area (TPSA) is 17.1 Å². The summed E-state index contributed by atoms with van der Waals surface area (Å²) in [6.45, 7) is 5.74. The van der Waals surface area contributed by atoms with Gasteiger partial charge in [0, 0.05) is 11.1 Å². The van der Waals surface area contributed by atoms with Gasteiger partial charge in [0.05, 0.1) is 0 Å². The van der Waals surface area contributed by atoms with Crippen molar-refractivity contribution in [3.8, 4) is 0 Å². The summed E-state index contributed by atoms with van der Waals surface area (Å²) in [5.41, 5.74) is 3.96. The van der Waals surface area contributed by atoms with Crippen molar-refractivity contribution in [1.82, 2.24) is 0 Å². The molecule has 0 fully saturated rings. The SMILES string of the molecule is Cc1cc(F)cc(C(=O)c2ccc(C)c(C)c2)c1. The summed E-state index contributed by atoms with van der Waals surface area (Å²) >= 11 is 0. The summed E-state index contributed by atoms with van der Waals surface area (Å²) in [6, 6.07) is 9.94. The maximum Gasteiger partial charge on any atom is 0.193 e. The fourth-order valence-corrected chi connectivity index (χ4v) is 1.92. The quantitative estimate of drug-likeness (QED) is 0.728. The highest BCUT2D eigenvalue weighted by Crippen LogP contribution is 2.16. The van der Waals surface area contributed by atoms with Crippen LogP contribution in [0.25, 0.3) is 0 Å². The molecule has 18 heavy (non-hydrogen) atoms. The molecule has 2 aromatic carbocycles. The molecule has 0 bridgehead atoms. The summed E-state index contributed by atoms with van der Waals surface area (Å²) in [5, 5.41) is 0. The van der Waals surface area contributed by atoms with Crippen molar-refractivity contribution >= 4 is 5.78 Å². The number of carbonyl (C=O) groups is 1. The van der Waals surface area contributed by atoms with Gasteiger partial charge in [0.25, 0.3) is 0 Å². The minimum absolute atomic E-state index is 0.138. The lowest BCUT2D eigenvalue weighted by Gasteiger charge is -2.06. The predicted octanol–water partition coefficient (Wildman–Crippen LogP) is 3.98. The Kier molecular flexibility index (Phi) is 3.28. The molecule has 2 rings (SSSR count). The molecular weight excluding hydrogens is 227 g/mol. The zero-order chi connectivity index (χ0) is 13.3. The van der Waals surface area contributed by atoms with E-state index in [1.165, 1.54) is 12.1 Å². The average molecular weight is 242 g/mol. The molecule has 0 N–H and O–H groups in total. The summed E-state index contributed by atoms with van der Waals surface area (Å²) in [4.78, 5) is 12.2. The van der Waals surface area contributed by atoms with Crippen LogP contribution >= 0.6 is 0 Å². The summed E-state index contributed by atoms with van der Waals surface area (Å²) in [5.74, 6) is -0.511. The molecule has 0 aliphatic rings. The first-order valence-corrected chi connectivity index (χ1v) is 5.86. The lowest BCUT2D eigenvalue weighted by atomic mass is 9.98. The molecule has 2 aromatic rings. The minimum atomic E-state index is -0.373. The monoisotopic (exact) mass is 242 g/mol. The van der Waals surface area contributed by atoms with E-state index in [0.717, 1.165) is 16.7 Å². The minimum Gasteiger partial charge on any atom is -0.289 e. The fourth-order valence-electron chi connectivity index (χ4n) is 1.92. The zero-order valence-electron chi connectivity index (χ0n) is 10.8. The molecule has 0 saturated carbocycles. The Balaban J connectivity index is 2.44. The molecular formula is C16H15FO. The maximum atomic E-state index is 13.3. The zero-order valence-corrected chi connectivity index (χ0v) is 10.8. The summed E-state index contributed by atoms with van der Waals surface area (Å²) in [7, 11) is 0. The van der Waals surface area contributed by atoms with E-state index in [4.69, 9.17) is 0 Å². The fraction of sp³-hybridized carbons (Fsp3) is 0.188. The molecule has 0 spiro atoms. The summed E-state index contributed by atoms with van der Waals surface area (Å²) in [6.07, 6.45) is 0. The Morgan fingerprint density at radius 1 is 0.889 bits per heavy atom. The van der Waals surface area contributed by atoms with Crippen LogP contribution in [-0.4, -0.2) is 5.78 Å².